The lowest BCUT2D eigenvalue weighted by Crippen LogP contribution is -2.50. The van der Waals surface area contributed by atoms with Gasteiger partial charge in [0.1, 0.15) is 4.90 Å². The van der Waals surface area contributed by atoms with Gasteiger partial charge in [-0.05, 0) is 29.8 Å². The highest BCUT2D eigenvalue weighted by molar-refractivity contribution is 7.89. The second kappa shape index (κ2) is 9.03. The molecule has 0 radical (unpaired) electrons. The minimum atomic E-state index is -3.67. The molecule has 1 aliphatic rings. The SMILES string of the molecule is Cl.NCc1ccc(C(=O)N2CCN(S(=O)(=O)c3ccccc3Cl)CC2)cc1. The summed E-state index contributed by atoms with van der Waals surface area (Å²) in [5.41, 5.74) is 7.10. The van der Waals surface area contributed by atoms with E-state index in [1.807, 2.05) is 12.1 Å². The van der Waals surface area contributed by atoms with Crippen LogP contribution in [0.3, 0.4) is 0 Å². The molecule has 146 valence electrons. The summed E-state index contributed by atoms with van der Waals surface area (Å²) in [6.07, 6.45) is 0. The molecule has 1 fully saturated rings. The van der Waals surface area contributed by atoms with Gasteiger partial charge >= 0.3 is 0 Å². The van der Waals surface area contributed by atoms with Gasteiger partial charge in [-0.15, -0.1) is 12.4 Å². The molecule has 1 amide bonds. The quantitative estimate of drug-likeness (QED) is 0.808. The van der Waals surface area contributed by atoms with Crippen LogP contribution in [0.2, 0.25) is 5.02 Å². The number of piperazine rings is 1. The van der Waals surface area contributed by atoms with Gasteiger partial charge in [0.05, 0.1) is 5.02 Å². The van der Waals surface area contributed by atoms with Crippen LogP contribution in [0.1, 0.15) is 15.9 Å². The molecule has 2 N–H and O–H groups in total. The van der Waals surface area contributed by atoms with Crippen LogP contribution in [0, 0.1) is 0 Å². The van der Waals surface area contributed by atoms with E-state index in [0.29, 0.717) is 25.2 Å². The highest BCUT2D eigenvalue weighted by Gasteiger charge is 2.31. The zero-order valence-corrected chi connectivity index (χ0v) is 16.9. The number of hydrogen-bond donors (Lipinski definition) is 1. The van der Waals surface area contributed by atoms with Gasteiger partial charge < -0.3 is 10.6 Å². The second-order valence-corrected chi connectivity index (χ2v) is 8.34. The first kappa shape index (κ1) is 21.7. The van der Waals surface area contributed by atoms with Crippen LogP contribution in [-0.2, 0) is 16.6 Å². The van der Waals surface area contributed by atoms with Crippen molar-refractivity contribution in [2.75, 3.05) is 26.2 Å². The van der Waals surface area contributed by atoms with E-state index in [1.54, 1.807) is 35.2 Å². The topological polar surface area (TPSA) is 83.7 Å². The van der Waals surface area contributed by atoms with Crippen LogP contribution < -0.4 is 5.73 Å². The van der Waals surface area contributed by atoms with Crippen molar-refractivity contribution in [2.24, 2.45) is 5.73 Å². The van der Waals surface area contributed by atoms with E-state index in [4.69, 9.17) is 17.3 Å². The Labute approximate surface area is 170 Å². The first-order valence-corrected chi connectivity index (χ1v) is 10.1. The van der Waals surface area contributed by atoms with Gasteiger partial charge in [-0.1, -0.05) is 35.9 Å². The number of nitrogens with two attached hydrogens (primary N) is 1. The number of benzene rings is 2. The van der Waals surface area contributed by atoms with Crippen molar-refractivity contribution in [1.82, 2.24) is 9.21 Å². The first-order chi connectivity index (χ1) is 12.4. The smallest absolute Gasteiger partial charge is 0.253 e. The number of halogens is 2. The molecular weight excluding hydrogens is 409 g/mol. The Morgan fingerprint density at radius 1 is 1.00 bits per heavy atom. The van der Waals surface area contributed by atoms with Gasteiger partial charge in [0.15, 0.2) is 0 Å². The number of rotatable bonds is 4. The Morgan fingerprint density at radius 3 is 2.15 bits per heavy atom. The molecule has 27 heavy (non-hydrogen) atoms. The van der Waals surface area contributed by atoms with Crippen molar-refractivity contribution in [3.05, 3.63) is 64.7 Å². The predicted octanol–water partition coefficient (Wildman–Crippen LogP) is 2.37. The molecule has 6 nitrogen and oxygen atoms in total. The summed E-state index contributed by atoms with van der Waals surface area (Å²) in [6, 6.07) is 13.5. The number of nitrogens with zero attached hydrogens (tertiary/aromatic N) is 2. The third-order valence-corrected chi connectivity index (χ3v) is 6.82. The summed E-state index contributed by atoms with van der Waals surface area (Å²) >= 11 is 6.03. The maximum atomic E-state index is 12.8. The maximum Gasteiger partial charge on any atom is 0.253 e. The van der Waals surface area contributed by atoms with Crippen LogP contribution in [0.4, 0.5) is 0 Å². The van der Waals surface area contributed by atoms with Crippen molar-refractivity contribution < 1.29 is 13.2 Å². The molecule has 0 spiro atoms. The van der Waals surface area contributed by atoms with Gasteiger partial charge in [-0.3, -0.25) is 4.79 Å². The fourth-order valence-electron chi connectivity index (χ4n) is 2.89. The molecule has 0 aromatic heterocycles. The normalized spacial score (nSPS) is 15.3. The van der Waals surface area contributed by atoms with E-state index in [0.717, 1.165) is 5.56 Å². The Balaban J connectivity index is 0.00000261. The zero-order valence-electron chi connectivity index (χ0n) is 14.5. The van der Waals surface area contributed by atoms with Gasteiger partial charge in [0, 0.05) is 38.3 Å². The number of carbonyl (C=O) groups is 1. The lowest BCUT2D eigenvalue weighted by atomic mass is 10.1. The van der Waals surface area contributed by atoms with Gasteiger partial charge in [0.25, 0.3) is 5.91 Å². The largest absolute Gasteiger partial charge is 0.336 e. The fraction of sp³-hybridized carbons (Fsp3) is 0.278. The summed E-state index contributed by atoms with van der Waals surface area (Å²) in [5, 5.41) is 0.200. The third kappa shape index (κ3) is 4.62. The lowest BCUT2D eigenvalue weighted by Gasteiger charge is -2.34. The van der Waals surface area contributed by atoms with Crippen molar-refractivity contribution in [3.8, 4) is 0 Å². The first-order valence-electron chi connectivity index (χ1n) is 8.26. The summed E-state index contributed by atoms with van der Waals surface area (Å²) in [5.74, 6) is -0.108. The minimum absolute atomic E-state index is 0. The third-order valence-electron chi connectivity index (χ3n) is 4.42. The molecule has 0 unspecified atom stereocenters. The van der Waals surface area contributed by atoms with E-state index >= 15 is 0 Å². The van der Waals surface area contributed by atoms with Crippen LogP contribution in [-0.4, -0.2) is 49.7 Å². The molecule has 1 heterocycles. The lowest BCUT2D eigenvalue weighted by molar-refractivity contribution is 0.0698. The number of carbonyl (C=O) groups excluding carboxylic acids is 1. The minimum Gasteiger partial charge on any atom is -0.336 e. The Kier molecular flexibility index (Phi) is 7.25. The Bertz CT molecular complexity index is 896. The number of sulfonamides is 1. The average molecular weight is 430 g/mol. The predicted molar refractivity (Wildman–Crippen MR) is 108 cm³/mol. The van der Waals surface area contributed by atoms with E-state index in [2.05, 4.69) is 0 Å². The van der Waals surface area contributed by atoms with E-state index in [9.17, 15) is 13.2 Å². The zero-order chi connectivity index (χ0) is 18.7. The van der Waals surface area contributed by atoms with E-state index in [-0.39, 0.29) is 41.3 Å². The number of hydrogen-bond acceptors (Lipinski definition) is 4. The van der Waals surface area contributed by atoms with Crippen LogP contribution in [0.15, 0.2) is 53.4 Å². The molecule has 1 aliphatic heterocycles. The maximum absolute atomic E-state index is 12.8. The molecule has 9 heteroatoms. The fourth-order valence-corrected chi connectivity index (χ4v) is 4.81. The highest BCUT2D eigenvalue weighted by atomic mass is 35.5. The van der Waals surface area contributed by atoms with Crippen LogP contribution in [0.25, 0.3) is 0 Å². The van der Waals surface area contributed by atoms with Gasteiger partial charge in [-0.25, -0.2) is 8.42 Å². The summed E-state index contributed by atoms with van der Waals surface area (Å²) in [4.78, 5) is 14.3. The summed E-state index contributed by atoms with van der Waals surface area (Å²) < 4.78 is 26.9. The van der Waals surface area contributed by atoms with Crippen molar-refractivity contribution >= 4 is 39.9 Å². The number of amides is 1. The molecule has 3 rings (SSSR count). The molecule has 0 saturated carbocycles. The van der Waals surface area contributed by atoms with Crippen LogP contribution in [0.5, 0.6) is 0 Å². The molecular formula is C18H21Cl2N3O3S. The van der Waals surface area contributed by atoms with Crippen molar-refractivity contribution in [1.29, 1.82) is 0 Å². The highest BCUT2D eigenvalue weighted by Crippen LogP contribution is 2.25. The average Bonchev–Trinajstić information content (AvgIpc) is 2.68. The van der Waals surface area contributed by atoms with Gasteiger partial charge in [0.2, 0.25) is 10.0 Å². The molecule has 2 aromatic rings. The molecule has 0 atom stereocenters. The van der Waals surface area contributed by atoms with Crippen molar-refractivity contribution in [2.45, 2.75) is 11.4 Å². The van der Waals surface area contributed by atoms with E-state index in [1.165, 1.54) is 10.4 Å². The molecule has 1 saturated heterocycles. The standard InChI is InChI=1S/C18H20ClN3O3S.ClH/c19-16-3-1-2-4-17(16)26(24,25)22-11-9-21(10-12-22)18(23)15-7-5-14(13-20)6-8-15;/h1-8H,9-13,20H2;1H. The molecule has 2 aromatic carbocycles. The van der Waals surface area contributed by atoms with Crippen molar-refractivity contribution in [3.63, 3.8) is 0 Å². The van der Waals surface area contributed by atoms with Gasteiger partial charge in [-0.2, -0.15) is 4.31 Å². The summed E-state index contributed by atoms with van der Waals surface area (Å²) in [7, 11) is -3.67. The monoisotopic (exact) mass is 429 g/mol. The Morgan fingerprint density at radius 2 is 1.59 bits per heavy atom. The summed E-state index contributed by atoms with van der Waals surface area (Å²) in [6.45, 7) is 1.57. The molecule has 0 aliphatic carbocycles. The van der Waals surface area contributed by atoms with Crippen LogP contribution >= 0.6 is 24.0 Å². The second-order valence-electron chi connectivity index (χ2n) is 6.03. The Hall–Kier alpha value is -1.64. The molecule has 0 bridgehead atoms. The van der Waals surface area contributed by atoms with E-state index < -0.39 is 10.0 Å².